The maximum atomic E-state index is 9.87. The van der Waals surface area contributed by atoms with Crippen LogP contribution in [0.5, 0.6) is 11.5 Å². The number of anilines is 2. The predicted octanol–water partition coefficient (Wildman–Crippen LogP) is 3.97. The Kier molecular flexibility index (Phi) is 3.95. The third-order valence-electron chi connectivity index (χ3n) is 3.27. The molecule has 2 aromatic carbocycles. The van der Waals surface area contributed by atoms with Crippen molar-refractivity contribution in [1.29, 1.82) is 0 Å². The van der Waals surface area contributed by atoms with Crippen LogP contribution in [0.15, 0.2) is 36.4 Å². The molecule has 3 heteroatoms. The molecule has 19 heavy (non-hydrogen) atoms. The summed E-state index contributed by atoms with van der Waals surface area (Å²) in [6, 6.07) is 11.1. The summed E-state index contributed by atoms with van der Waals surface area (Å²) in [5, 5.41) is 22.7. The summed E-state index contributed by atoms with van der Waals surface area (Å²) in [6.07, 6.45) is 1.82. The summed E-state index contributed by atoms with van der Waals surface area (Å²) in [6.45, 7) is 4.20. The van der Waals surface area contributed by atoms with Crippen molar-refractivity contribution in [1.82, 2.24) is 0 Å². The van der Waals surface area contributed by atoms with E-state index in [2.05, 4.69) is 31.3 Å². The third-order valence-corrected chi connectivity index (χ3v) is 3.27. The van der Waals surface area contributed by atoms with Gasteiger partial charge in [0.1, 0.15) is 0 Å². The van der Waals surface area contributed by atoms with Crippen LogP contribution in [0, 0.1) is 0 Å². The van der Waals surface area contributed by atoms with Crippen molar-refractivity contribution < 1.29 is 10.2 Å². The standard InChI is InChI=1S/C16H19NO2/c1-3-11-7-5-8-12(4-2)15(11)17-13-9-6-10-14(18)16(13)19/h5-10,17-19H,3-4H2,1-2H3. The van der Waals surface area contributed by atoms with Crippen LogP contribution >= 0.6 is 0 Å². The fraction of sp³-hybridized carbons (Fsp3) is 0.250. The molecule has 0 saturated heterocycles. The number of phenolic OH excluding ortho intramolecular Hbond substituents is 2. The van der Waals surface area contributed by atoms with Gasteiger partial charge in [-0.1, -0.05) is 38.1 Å². The van der Waals surface area contributed by atoms with Crippen LogP contribution in [0.2, 0.25) is 0 Å². The highest BCUT2D eigenvalue weighted by atomic mass is 16.3. The SMILES string of the molecule is CCc1cccc(CC)c1Nc1cccc(O)c1O. The minimum absolute atomic E-state index is 0.114. The van der Waals surface area contributed by atoms with Crippen molar-refractivity contribution in [2.45, 2.75) is 26.7 Å². The Bertz CT molecular complexity index is 557. The Labute approximate surface area is 113 Å². The first-order chi connectivity index (χ1) is 9.17. The van der Waals surface area contributed by atoms with E-state index in [1.165, 1.54) is 17.2 Å². The molecule has 0 spiro atoms. The number of phenols is 2. The molecule has 0 heterocycles. The summed E-state index contributed by atoms with van der Waals surface area (Å²) in [4.78, 5) is 0. The van der Waals surface area contributed by atoms with Gasteiger partial charge in [-0.05, 0) is 36.1 Å². The minimum Gasteiger partial charge on any atom is -0.504 e. The molecule has 0 aliphatic carbocycles. The molecule has 0 saturated carbocycles. The second-order valence-corrected chi connectivity index (χ2v) is 4.46. The number of aryl methyl sites for hydroxylation is 2. The van der Waals surface area contributed by atoms with Crippen LogP contribution in [0.3, 0.4) is 0 Å². The Balaban J connectivity index is 2.45. The van der Waals surface area contributed by atoms with Gasteiger partial charge in [-0.2, -0.15) is 0 Å². The molecule has 0 unspecified atom stereocenters. The highest BCUT2D eigenvalue weighted by molar-refractivity contribution is 5.73. The zero-order valence-electron chi connectivity index (χ0n) is 11.3. The summed E-state index contributed by atoms with van der Waals surface area (Å²) in [5.41, 5.74) is 3.94. The van der Waals surface area contributed by atoms with Crippen LogP contribution in [-0.2, 0) is 12.8 Å². The van der Waals surface area contributed by atoms with Gasteiger partial charge < -0.3 is 15.5 Å². The second kappa shape index (κ2) is 5.65. The van der Waals surface area contributed by atoms with Crippen molar-refractivity contribution >= 4 is 11.4 Å². The average molecular weight is 257 g/mol. The molecule has 0 bridgehead atoms. The van der Waals surface area contributed by atoms with Gasteiger partial charge in [0.05, 0.1) is 5.69 Å². The van der Waals surface area contributed by atoms with E-state index >= 15 is 0 Å². The molecule has 3 nitrogen and oxygen atoms in total. The van der Waals surface area contributed by atoms with Gasteiger partial charge in [0.2, 0.25) is 0 Å². The Morgan fingerprint density at radius 1 is 0.895 bits per heavy atom. The molecule has 2 rings (SSSR count). The number of para-hydroxylation sites is 2. The molecule has 0 aliphatic rings. The van der Waals surface area contributed by atoms with Crippen molar-refractivity contribution in [3.05, 3.63) is 47.5 Å². The van der Waals surface area contributed by atoms with Crippen molar-refractivity contribution in [3.63, 3.8) is 0 Å². The summed E-state index contributed by atoms with van der Waals surface area (Å²) in [7, 11) is 0. The van der Waals surface area contributed by atoms with Crippen molar-refractivity contribution in [2.75, 3.05) is 5.32 Å². The fourth-order valence-corrected chi connectivity index (χ4v) is 2.17. The first kappa shape index (κ1) is 13.3. The van der Waals surface area contributed by atoms with E-state index in [0.717, 1.165) is 18.5 Å². The lowest BCUT2D eigenvalue weighted by Crippen LogP contribution is -2.00. The normalized spacial score (nSPS) is 10.4. The van der Waals surface area contributed by atoms with Gasteiger partial charge in [0.25, 0.3) is 0 Å². The highest BCUT2D eigenvalue weighted by Gasteiger charge is 2.10. The molecule has 3 N–H and O–H groups in total. The zero-order valence-corrected chi connectivity index (χ0v) is 11.3. The molecule has 0 radical (unpaired) electrons. The number of rotatable bonds is 4. The lowest BCUT2D eigenvalue weighted by Gasteiger charge is -2.16. The first-order valence-electron chi connectivity index (χ1n) is 6.56. The Morgan fingerprint density at radius 2 is 1.47 bits per heavy atom. The third kappa shape index (κ3) is 2.65. The molecular weight excluding hydrogens is 238 g/mol. The van der Waals surface area contributed by atoms with E-state index in [1.807, 2.05) is 6.07 Å². The Morgan fingerprint density at radius 3 is 2.05 bits per heavy atom. The molecule has 100 valence electrons. The van der Waals surface area contributed by atoms with E-state index in [0.29, 0.717) is 5.69 Å². The maximum absolute atomic E-state index is 9.87. The number of nitrogens with one attached hydrogen (secondary N) is 1. The van der Waals surface area contributed by atoms with E-state index in [1.54, 1.807) is 12.1 Å². The van der Waals surface area contributed by atoms with Crippen molar-refractivity contribution in [3.8, 4) is 11.5 Å². The van der Waals surface area contributed by atoms with E-state index in [9.17, 15) is 10.2 Å². The van der Waals surface area contributed by atoms with Crippen LogP contribution < -0.4 is 5.32 Å². The average Bonchev–Trinajstić information content (AvgIpc) is 2.44. The molecule has 0 fully saturated rings. The minimum atomic E-state index is -0.115. The molecule has 0 aromatic heterocycles. The van der Waals surface area contributed by atoms with E-state index in [-0.39, 0.29) is 11.5 Å². The van der Waals surface area contributed by atoms with Gasteiger partial charge in [0, 0.05) is 5.69 Å². The largest absolute Gasteiger partial charge is 0.504 e. The highest BCUT2D eigenvalue weighted by Crippen LogP contribution is 2.36. The molecular formula is C16H19NO2. The van der Waals surface area contributed by atoms with Crippen LogP contribution in [0.25, 0.3) is 0 Å². The quantitative estimate of drug-likeness (QED) is 0.726. The smallest absolute Gasteiger partial charge is 0.181 e. The van der Waals surface area contributed by atoms with Gasteiger partial charge in [-0.3, -0.25) is 0 Å². The lowest BCUT2D eigenvalue weighted by molar-refractivity contribution is 0.405. The first-order valence-corrected chi connectivity index (χ1v) is 6.56. The van der Waals surface area contributed by atoms with Gasteiger partial charge in [0.15, 0.2) is 11.5 Å². The molecule has 0 amide bonds. The van der Waals surface area contributed by atoms with E-state index < -0.39 is 0 Å². The maximum Gasteiger partial charge on any atom is 0.181 e. The van der Waals surface area contributed by atoms with Gasteiger partial charge in [-0.15, -0.1) is 0 Å². The molecule has 0 atom stereocenters. The number of hydrogen-bond acceptors (Lipinski definition) is 3. The van der Waals surface area contributed by atoms with E-state index in [4.69, 9.17) is 0 Å². The van der Waals surface area contributed by atoms with Gasteiger partial charge >= 0.3 is 0 Å². The van der Waals surface area contributed by atoms with Crippen molar-refractivity contribution in [2.24, 2.45) is 0 Å². The van der Waals surface area contributed by atoms with Crippen LogP contribution in [-0.4, -0.2) is 10.2 Å². The second-order valence-electron chi connectivity index (χ2n) is 4.46. The monoisotopic (exact) mass is 257 g/mol. The number of aromatic hydroxyl groups is 2. The summed E-state index contributed by atoms with van der Waals surface area (Å²) >= 11 is 0. The zero-order chi connectivity index (χ0) is 13.8. The van der Waals surface area contributed by atoms with Crippen LogP contribution in [0.1, 0.15) is 25.0 Å². The molecule has 2 aromatic rings. The topological polar surface area (TPSA) is 52.5 Å². The molecule has 0 aliphatic heterocycles. The number of hydrogen-bond donors (Lipinski definition) is 3. The Hall–Kier alpha value is -2.16. The van der Waals surface area contributed by atoms with Gasteiger partial charge in [-0.25, -0.2) is 0 Å². The fourth-order valence-electron chi connectivity index (χ4n) is 2.17. The summed E-state index contributed by atoms with van der Waals surface area (Å²) in [5.74, 6) is -0.229. The lowest BCUT2D eigenvalue weighted by atomic mass is 10.0. The summed E-state index contributed by atoms with van der Waals surface area (Å²) < 4.78 is 0. The number of benzene rings is 2. The van der Waals surface area contributed by atoms with Crippen LogP contribution in [0.4, 0.5) is 11.4 Å². The predicted molar refractivity (Wildman–Crippen MR) is 78.3 cm³/mol.